The highest BCUT2D eigenvalue weighted by Crippen LogP contribution is 2.09. The number of carbonyl (C=O) groups is 1. The van der Waals surface area contributed by atoms with Crippen LogP contribution in [0.25, 0.3) is 0 Å². The van der Waals surface area contributed by atoms with Crippen LogP contribution in [0.3, 0.4) is 0 Å². The molecule has 1 fully saturated rings. The number of nitrogens with one attached hydrogen (secondary N) is 1. The fraction of sp³-hybridized carbons (Fsp3) is 0.909. The number of piperidine rings is 1. The van der Waals surface area contributed by atoms with Crippen molar-refractivity contribution in [2.24, 2.45) is 0 Å². The summed E-state index contributed by atoms with van der Waals surface area (Å²) in [7, 11) is 0. The maximum Gasteiger partial charge on any atom is 0.303 e. The highest BCUT2D eigenvalue weighted by molar-refractivity contribution is 5.66. The molecule has 2 N–H and O–H groups in total. The molecular weight excluding hydrogens is 192 g/mol. The van der Waals surface area contributed by atoms with E-state index < -0.39 is 5.97 Å². The molecule has 4 nitrogen and oxygen atoms in total. The van der Waals surface area contributed by atoms with Crippen molar-refractivity contribution in [3.05, 3.63) is 0 Å². The number of rotatable bonds is 6. The van der Waals surface area contributed by atoms with Gasteiger partial charge < -0.3 is 15.3 Å². The quantitative estimate of drug-likeness (QED) is 0.646. The summed E-state index contributed by atoms with van der Waals surface area (Å²) in [5.74, 6) is -0.698. The molecule has 15 heavy (non-hydrogen) atoms. The Morgan fingerprint density at radius 1 is 1.60 bits per heavy atom. The summed E-state index contributed by atoms with van der Waals surface area (Å²) in [4.78, 5) is 12.8. The highest BCUT2D eigenvalue weighted by atomic mass is 16.4. The molecule has 1 heterocycles. The molecule has 1 saturated heterocycles. The molecule has 88 valence electrons. The van der Waals surface area contributed by atoms with Gasteiger partial charge in [-0.1, -0.05) is 6.92 Å². The van der Waals surface area contributed by atoms with Gasteiger partial charge in [-0.05, 0) is 38.9 Å². The number of hydrogen-bond donors (Lipinski definition) is 2. The SMILES string of the molecule is CCN1CCCC(NCCCC(=O)O)C1. The van der Waals surface area contributed by atoms with Crippen LogP contribution in [-0.2, 0) is 4.79 Å². The molecule has 1 aliphatic rings. The fourth-order valence-corrected chi connectivity index (χ4v) is 2.06. The molecule has 0 radical (unpaired) electrons. The zero-order valence-corrected chi connectivity index (χ0v) is 9.54. The third-order valence-electron chi connectivity index (χ3n) is 2.95. The van der Waals surface area contributed by atoms with Gasteiger partial charge >= 0.3 is 5.97 Å². The van der Waals surface area contributed by atoms with E-state index in [-0.39, 0.29) is 6.42 Å². The van der Waals surface area contributed by atoms with Crippen molar-refractivity contribution in [3.63, 3.8) is 0 Å². The van der Waals surface area contributed by atoms with Gasteiger partial charge in [0.1, 0.15) is 0 Å². The minimum Gasteiger partial charge on any atom is -0.481 e. The topological polar surface area (TPSA) is 52.6 Å². The normalized spacial score (nSPS) is 22.9. The second-order valence-electron chi connectivity index (χ2n) is 4.18. The number of aliphatic carboxylic acids is 1. The third kappa shape index (κ3) is 5.14. The van der Waals surface area contributed by atoms with Crippen LogP contribution in [0.2, 0.25) is 0 Å². The molecule has 0 aromatic rings. The summed E-state index contributed by atoms with van der Waals surface area (Å²) >= 11 is 0. The number of likely N-dealkylation sites (N-methyl/N-ethyl adjacent to an activating group) is 1. The van der Waals surface area contributed by atoms with Crippen molar-refractivity contribution in [1.82, 2.24) is 10.2 Å². The fourth-order valence-electron chi connectivity index (χ4n) is 2.06. The smallest absolute Gasteiger partial charge is 0.303 e. The Bertz CT molecular complexity index is 197. The first-order chi connectivity index (χ1) is 7.22. The summed E-state index contributed by atoms with van der Waals surface area (Å²) in [6.07, 6.45) is 3.49. The van der Waals surface area contributed by atoms with Crippen molar-refractivity contribution in [3.8, 4) is 0 Å². The van der Waals surface area contributed by atoms with E-state index in [1.807, 2.05) is 0 Å². The summed E-state index contributed by atoms with van der Waals surface area (Å²) in [5.41, 5.74) is 0. The average molecular weight is 214 g/mol. The van der Waals surface area contributed by atoms with Crippen LogP contribution in [-0.4, -0.2) is 48.2 Å². The maximum atomic E-state index is 10.3. The van der Waals surface area contributed by atoms with Crippen LogP contribution in [0.1, 0.15) is 32.6 Å². The van der Waals surface area contributed by atoms with Crippen LogP contribution < -0.4 is 5.32 Å². The van der Waals surface area contributed by atoms with Gasteiger partial charge in [0, 0.05) is 19.0 Å². The lowest BCUT2D eigenvalue weighted by Gasteiger charge is -2.32. The minimum atomic E-state index is -0.698. The maximum absolute atomic E-state index is 10.3. The standard InChI is InChI=1S/C11H22N2O2/c1-2-13-8-4-5-10(9-13)12-7-3-6-11(14)15/h10,12H,2-9H2,1H3,(H,14,15). The minimum absolute atomic E-state index is 0.275. The Balaban J connectivity index is 2.07. The molecule has 0 saturated carbocycles. The predicted octanol–water partition coefficient (Wildman–Crippen LogP) is 0.925. The summed E-state index contributed by atoms with van der Waals surface area (Å²) in [5, 5.41) is 11.9. The van der Waals surface area contributed by atoms with Crippen molar-refractivity contribution < 1.29 is 9.90 Å². The Hall–Kier alpha value is -0.610. The largest absolute Gasteiger partial charge is 0.481 e. The van der Waals surface area contributed by atoms with E-state index in [1.54, 1.807) is 0 Å². The molecule has 1 aliphatic heterocycles. The van der Waals surface area contributed by atoms with Gasteiger partial charge in [-0.2, -0.15) is 0 Å². The molecule has 0 aromatic carbocycles. The second-order valence-corrected chi connectivity index (χ2v) is 4.18. The molecule has 0 amide bonds. The van der Waals surface area contributed by atoms with Gasteiger partial charge in [0.2, 0.25) is 0 Å². The van der Waals surface area contributed by atoms with E-state index in [0.29, 0.717) is 6.04 Å². The molecule has 0 aliphatic carbocycles. The Kier molecular flexibility index (Phi) is 5.65. The van der Waals surface area contributed by atoms with Crippen molar-refractivity contribution >= 4 is 5.97 Å². The van der Waals surface area contributed by atoms with Crippen LogP contribution >= 0.6 is 0 Å². The zero-order chi connectivity index (χ0) is 11.1. The lowest BCUT2D eigenvalue weighted by Crippen LogP contribution is -2.45. The van der Waals surface area contributed by atoms with E-state index in [0.717, 1.165) is 26.1 Å². The molecule has 0 bridgehead atoms. The summed E-state index contributed by atoms with van der Waals surface area (Å²) in [6, 6.07) is 0.562. The van der Waals surface area contributed by atoms with Crippen molar-refractivity contribution in [1.29, 1.82) is 0 Å². The zero-order valence-electron chi connectivity index (χ0n) is 9.54. The van der Waals surface area contributed by atoms with Crippen molar-refractivity contribution in [2.75, 3.05) is 26.2 Å². The van der Waals surface area contributed by atoms with Gasteiger partial charge in [-0.15, -0.1) is 0 Å². The Morgan fingerprint density at radius 2 is 2.40 bits per heavy atom. The number of carboxylic acid groups (broad SMARTS) is 1. The molecule has 0 aromatic heterocycles. The molecule has 1 unspecified atom stereocenters. The first kappa shape index (κ1) is 12.5. The van der Waals surface area contributed by atoms with Crippen LogP contribution in [0.4, 0.5) is 0 Å². The number of hydrogen-bond acceptors (Lipinski definition) is 3. The molecule has 1 atom stereocenters. The van der Waals surface area contributed by atoms with Crippen molar-refractivity contribution in [2.45, 2.75) is 38.6 Å². The summed E-state index contributed by atoms with van der Waals surface area (Å²) < 4.78 is 0. The van der Waals surface area contributed by atoms with Gasteiger partial charge in [-0.25, -0.2) is 0 Å². The monoisotopic (exact) mass is 214 g/mol. The van der Waals surface area contributed by atoms with E-state index >= 15 is 0 Å². The van der Waals surface area contributed by atoms with Gasteiger partial charge in [-0.3, -0.25) is 4.79 Å². The Labute approximate surface area is 91.6 Å². The van der Waals surface area contributed by atoms with Crippen LogP contribution in [0.5, 0.6) is 0 Å². The first-order valence-corrected chi connectivity index (χ1v) is 5.90. The molecule has 0 spiro atoms. The number of carboxylic acids is 1. The van der Waals surface area contributed by atoms with E-state index in [1.165, 1.54) is 19.4 Å². The van der Waals surface area contributed by atoms with Gasteiger partial charge in [0.15, 0.2) is 0 Å². The van der Waals surface area contributed by atoms with Crippen LogP contribution in [0, 0.1) is 0 Å². The lowest BCUT2D eigenvalue weighted by molar-refractivity contribution is -0.137. The average Bonchev–Trinajstić information content (AvgIpc) is 2.24. The van der Waals surface area contributed by atoms with E-state index in [9.17, 15) is 4.79 Å². The van der Waals surface area contributed by atoms with E-state index in [2.05, 4.69) is 17.1 Å². The first-order valence-electron chi connectivity index (χ1n) is 5.90. The number of nitrogens with zero attached hydrogens (tertiary/aromatic N) is 1. The molecule has 4 heteroatoms. The lowest BCUT2D eigenvalue weighted by atomic mass is 10.1. The second kappa shape index (κ2) is 6.80. The number of likely N-dealkylation sites (tertiary alicyclic amines) is 1. The molecular formula is C11H22N2O2. The van der Waals surface area contributed by atoms with Gasteiger partial charge in [0.25, 0.3) is 0 Å². The summed E-state index contributed by atoms with van der Waals surface area (Å²) in [6.45, 7) is 6.46. The molecule has 1 rings (SSSR count). The van der Waals surface area contributed by atoms with Gasteiger partial charge in [0.05, 0.1) is 0 Å². The van der Waals surface area contributed by atoms with E-state index in [4.69, 9.17) is 5.11 Å². The third-order valence-corrected chi connectivity index (χ3v) is 2.95. The van der Waals surface area contributed by atoms with Crippen LogP contribution in [0.15, 0.2) is 0 Å². The predicted molar refractivity (Wildman–Crippen MR) is 60.0 cm³/mol. The highest BCUT2D eigenvalue weighted by Gasteiger charge is 2.17. The Morgan fingerprint density at radius 3 is 3.07 bits per heavy atom.